The van der Waals surface area contributed by atoms with Crippen molar-refractivity contribution in [1.29, 1.82) is 0 Å². The lowest BCUT2D eigenvalue weighted by molar-refractivity contribution is -0.145. The van der Waals surface area contributed by atoms with Crippen molar-refractivity contribution < 1.29 is 9.90 Å². The summed E-state index contributed by atoms with van der Waals surface area (Å²) in [5, 5.41) is 11.9. The molecule has 1 aromatic heterocycles. The quantitative estimate of drug-likeness (QED) is 0.840. The molecule has 0 aromatic carbocycles. The van der Waals surface area contributed by atoms with Crippen molar-refractivity contribution in [2.24, 2.45) is 11.8 Å². The molecule has 0 bridgehead atoms. The third kappa shape index (κ3) is 2.35. The van der Waals surface area contributed by atoms with Crippen LogP contribution in [0.25, 0.3) is 0 Å². The molecular weight excluding hydrogens is 212 g/mol. The summed E-state index contributed by atoms with van der Waals surface area (Å²) in [6.45, 7) is 4.41. The molecule has 0 amide bonds. The molecule has 0 aliphatic carbocycles. The predicted octanol–water partition coefficient (Wildman–Crippen LogP) is 1.30. The van der Waals surface area contributed by atoms with Gasteiger partial charge in [0.25, 0.3) is 0 Å². The number of thiazole rings is 1. The minimum atomic E-state index is -0.686. The van der Waals surface area contributed by atoms with E-state index in [-0.39, 0.29) is 5.92 Å². The van der Waals surface area contributed by atoms with Gasteiger partial charge in [0.05, 0.1) is 12.5 Å². The Bertz CT molecular complexity index is 333. The van der Waals surface area contributed by atoms with Crippen LogP contribution in [-0.4, -0.2) is 34.0 Å². The van der Waals surface area contributed by atoms with Crippen molar-refractivity contribution >= 4 is 17.3 Å². The molecule has 82 valence electrons. The molecule has 4 nitrogen and oxygen atoms in total. The number of aromatic nitrogens is 1. The summed E-state index contributed by atoms with van der Waals surface area (Å²) in [7, 11) is 0. The smallest absolute Gasteiger partial charge is 0.306 e. The lowest BCUT2D eigenvalue weighted by Crippen LogP contribution is -2.50. The van der Waals surface area contributed by atoms with E-state index in [2.05, 4.69) is 9.88 Å². The Hall–Kier alpha value is -0.940. The Balaban J connectivity index is 1.76. The van der Waals surface area contributed by atoms with Gasteiger partial charge in [-0.25, -0.2) is 4.98 Å². The highest BCUT2D eigenvalue weighted by Crippen LogP contribution is 2.25. The van der Waals surface area contributed by atoms with Gasteiger partial charge in [-0.15, -0.1) is 11.3 Å². The molecule has 1 fully saturated rings. The van der Waals surface area contributed by atoms with Crippen LogP contribution in [0.3, 0.4) is 0 Å². The van der Waals surface area contributed by atoms with Gasteiger partial charge in [-0.05, 0) is 5.92 Å². The highest BCUT2D eigenvalue weighted by Gasteiger charge is 2.34. The van der Waals surface area contributed by atoms with Crippen LogP contribution in [0.5, 0.6) is 0 Å². The number of carboxylic acids is 1. The Kier molecular flexibility index (Phi) is 3.02. The molecular formula is C10H14N2O2S. The predicted molar refractivity (Wildman–Crippen MR) is 57.7 cm³/mol. The Morgan fingerprint density at radius 2 is 2.53 bits per heavy atom. The number of hydrogen-bond acceptors (Lipinski definition) is 4. The number of hydrogen-bond donors (Lipinski definition) is 1. The fourth-order valence-corrected chi connectivity index (χ4v) is 2.44. The number of nitrogens with zero attached hydrogens (tertiary/aromatic N) is 2. The molecule has 2 heterocycles. The summed E-state index contributed by atoms with van der Waals surface area (Å²) in [5.74, 6) is -0.603. The summed E-state index contributed by atoms with van der Waals surface area (Å²) < 4.78 is 0. The number of rotatable bonds is 4. The Labute approximate surface area is 92.6 Å². The first-order valence-electron chi connectivity index (χ1n) is 5.00. The van der Waals surface area contributed by atoms with Crippen molar-refractivity contribution in [3.8, 4) is 0 Å². The van der Waals surface area contributed by atoms with Gasteiger partial charge < -0.3 is 5.11 Å². The maximum Gasteiger partial charge on any atom is 0.306 e. The van der Waals surface area contributed by atoms with Crippen molar-refractivity contribution in [3.63, 3.8) is 0 Å². The zero-order valence-corrected chi connectivity index (χ0v) is 9.41. The first-order chi connectivity index (χ1) is 7.16. The normalized spacial score (nSPS) is 19.8. The van der Waals surface area contributed by atoms with Gasteiger partial charge in [-0.3, -0.25) is 9.69 Å². The average molecular weight is 226 g/mol. The molecule has 1 saturated heterocycles. The SMILES string of the molecule is CC(C(=O)O)C1CN(Cc2nccs2)C1. The third-order valence-electron chi connectivity index (χ3n) is 2.92. The molecule has 1 aliphatic rings. The van der Waals surface area contributed by atoms with Crippen LogP contribution in [0.4, 0.5) is 0 Å². The van der Waals surface area contributed by atoms with Gasteiger partial charge in [0.15, 0.2) is 0 Å². The van der Waals surface area contributed by atoms with Crippen molar-refractivity contribution in [2.75, 3.05) is 13.1 Å². The second-order valence-corrected chi connectivity index (χ2v) is 4.99. The fourth-order valence-electron chi connectivity index (χ4n) is 1.78. The topological polar surface area (TPSA) is 53.4 Å². The largest absolute Gasteiger partial charge is 0.481 e. The first-order valence-corrected chi connectivity index (χ1v) is 5.88. The lowest BCUT2D eigenvalue weighted by atomic mass is 9.87. The van der Waals surface area contributed by atoms with E-state index in [1.165, 1.54) is 0 Å². The van der Waals surface area contributed by atoms with Crippen LogP contribution < -0.4 is 0 Å². The standard InChI is InChI=1S/C10H14N2O2S/c1-7(10(13)14)8-4-12(5-8)6-9-11-2-3-15-9/h2-3,7-8H,4-6H2,1H3,(H,13,14). The second kappa shape index (κ2) is 4.28. The number of likely N-dealkylation sites (tertiary alicyclic amines) is 1. The Morgan fingerprint density at radius 1 is 1.80 bits per heavy atom. The maximum absolute atomic E-state index is 10.7. The van der Waals surface area contributed by atoms with Crippen LogP contribution in [0, 0.1) is 11.8 Å². The molecule has 15 heavy (non-hydrogen) atoms. The molecule has 2 rings (SSSR count). The van der Waals surface area contributed by atoms with Gasteiger partial charge in [0.2, 0.25) is 0 Å². The first kappa shape index (κ1) is 10.6. The summed E-state index contributed by atoms with van der Waals surface area (Å²) in [6, 6.07) is 0. The molecule has 1 aliphatic heterocycles. The zero-order valence-electron chi connectivity index (χ0n) is 8.59. The van der Waals surface area contributed by atoms with Gasteiger partial charge in [0, 0.05) is 24.7 Å². The second-order valence-electron chi connectivity index (χ2n) is 4.01. The van der Waals surface area contributed by atoms with E-state index in [1.54, 1.807) is 24.5 Å². The van der Waals surface area contributed by atoms with Crippen molar-refractivity contribution in [1.82, 2.24) is 9.88 Å². The number of aliphatic carboxylic acids is 1. The molecule has 1 unspecified atom stereocenters. The highest BCUT2D eigenvalue weighted by atomic mass is 32.1. The maximum atomic E-state index is 10.7. The van der Waals surface area contributed by atoms with E-state index in [1.807, 2.05) is 5.38 Å². The van der Waals surface area contributed by atoms with Gasteiger partial charge >= 0.3 is 5.97 Å². The fraction of sp³-hybridized carbons (Fsp3) is 0.600. The lowest BCUT2D eigenvalue weighted by Gasteiger charge is -2.40. The number of carbonyl (C=O) groups is 1. The van der Waals surface area contributed by atoms with Crippen LogP contribution >= 0.6 is 11.3 Å². The molecule has 5 heteroatoms. The number of carboxylic acid groups (broad SMARTS) is 1. The van der Waals surface area contributed by atoms with Gasteiger partial charge in [-0.1, -0.05) is 6.92 Å². The summed E-state index contributed by atoms with van der Waals surface area (Å²) >= 11 is 1.65. The molecule has 1 aromatic rings. The third-order valence-corrected chi connectivity index (χ3v) is 3.69. The van der Waals surface area contributed by atoms with Crippen LogP contribution in [0.2, 0.25) is 0 Å². The summed E-state index contributed by atoms with van der Waals surface area (Å²) in [4.78, 5) is 17.2. The molecule has 1 N–H and O–H groups in total. The van der Waals surface area contributed by atoms with Gasteiger partial charge in [0.1, 0.15) is 5.01 Å². The molecule has 0 spiro atoms. The van der Waals surface area contributed by atoms with Crippen LogP contribution in [-0.2, 0) is 11.3 Å². The van der Waals surface area contributed by atoms with Crippen molar-refractivity contribution in [2.45, 2.75) is 13.5 Å². The molecule has 0 saturated carbocycles. The van der Waals surface area contributed by atoms with E-state index < -0.39 is 5.97 Å². The van der Waals surface area contributed by atoms with Gasteiger partial charge in [-0.2, -0.15) is 0 Å². The Morgan fingerprint density at radius 3 is 3.07 bits per heavy atom. The van der Waals surface area contributed by atoms with E-state index >= 15 is 0 Å². The zero-order chi connectivity index (χ0) is 10.8. The monoisotopic (exact) mass is 226 g/mol. The van der Waals surface area contributed by atoms with Crippen LogP contribution in [0.15, 0.2) is 11.6 Å². The summed E-state index contributed by atoms with van der Waals surface area (Å²) in [5.41, 5.74) is 0. The van der Waals surface area contributed by atoms with E-state index in [0.29, 0.717) is 5.92 Å². The summed E-state index contributed by atoms with van der Waals surface area (Å²) in [6.07, 6.45) is 1.80. The van der Waals surface area contributed by atoms with Crippen LogP contribution in [0.1, 0.15) is 11.9 Å². The van der Waals surface area contributed by atoms with E-state index in [4.69, 9.17) is 5.11 Å². The van der Waals surface area contributed by atoms with E-state index in [9.17, 15) is 4.79 Å². The minimum Gasteiger partial charge on any atom is -0.481 e. The molecule has 1 atom stereocenters. The minimum absolute atomic E-state index is 0.224. The molecule has 0 radical (unpaired) electrons. The van der Waals surface area contributed by atoms with Crippen molar-refractivity contribution in [3.05, 3.63) is 16.6 Å². The highest BCUT2D eigenvalue weighted by molar-refractivity contribution is 7.09. The average Bonchev–Trinajstić information content (AvgIpc) is 2.61. The van der Waals surface area contributed by atoms with E-state index in [0.717, 1.165) is 24.6 Å².